The number of hydrogen-bond donors (Lipinski definition) is 1. The second-order valence-electron chi connectivity index (χ2n) is 11.1. The van der Waals surface area contributed by atoms with E-state index in [2.05, 4.69) is 41.8 Å². The number of carbonyl (C=O) groups is 1. The minimum atomic E-state index is -0.890. The zero-order chi connectivity index (χ0) is 26.7. The Kier molecular flexibility index (Phi) is 7.51. The topological polar surface area (TPSA) is 59.4 Å². The monoisotopic (exact) mass is 537 g/mol. The Labute approximate surface area is 234 Å². The van der Waals surface area contributed by atoms with E-state index in [0.29, 0.717) is 12.2 Å². The maximum atomic E-state index is 11.3. The molecule has 4 nitrogen and oxygen atoms in total. The van der Waals surface area contributed by atoms with Gasteiger partial charge in [0, 0.05) is 16.4 Å². The third-order valence-corrected chi connectivity index (χ3v) is 9.71. The summed E-state index contributed by atoms with van der Waals surface area (Å²) in [5, 5.41) is 12.6. The fourth-order valence-corrected chi connectivity index (χ4v) is 7.48. The van der Waals surface area contributed by atoms with Crippen molar-refractivity contribution in [1.29, 1.82) is 0 Å². The van der Waals surface area contributed by atoms with Crippen molar-refractivity contribution in [1.82, 2.24) is 4.98 Å². The molecule has 2 aliphatic rings. The number of rotatable bonds is 8. The molecule has 0 unspecified atom stereocenters. The first-order valence-corrected chi connectivity index (χ1v) is 15.1. The molecule has 1 aromatic heterocycles. The summed E-state index contributed by atoms with van der Waals surface area (Å²) in [6.07, 6.45) is 11.1. The Morgan fingerprint density at radius 3 is 2.23 bits per heavy atom. The minimum Gasteiger partial charge on any atom is -0.489 e. The molecule has 0 spiro atoms. The highest BCUT2D eigenvalue weighted by atomic mass is 32.1. The summed E-state index contributed by atoms with van der Waals surface area (Å²) in [4.78, 5) is 16.4. The van der Waals surface area contributed by atoms with Crippen LogP contribution in [0.5, 0.6) is 5.75 Å². The lowest BCUT2D eigenvalue weighted by molar-refractivity contribution is 0.0697. The summed E-state index contributed by atoms with van der Waals surface area (Å²) in [5.74, 6) is 0.698. The minimum absolute atomic E-state index is 0.129. The molecule has 1 heterocycles. The Hall–Kier alpha value is -3.44. The summed E-state index contributed by atoms with van der Waals surface area (Å²) in [7, 11) is 0. The van der Waals surface area contributed by atoms with E-state index in [4.69, 9.17) is 9.72 Å². The molecule has 200 valence electrons. The molecule has 0 atom stereocenters. The second-order valence-corrected chi connectivity index (χ2v) is 12.0. The summed E-state index contributed by atoms with van der Waals surface area (Å²) < 4.78 is 6.10. The van der Waals surface area contributed by atoms with Crippen LogP contribution in [0.2, 0.25) is 0 Å². The number of carboxylic acid groups (broad SMARTS) is 1. The van der Waals surface area contributed by atoms with Crippen LogP contribution in [0.15, 0.2) is 78.2 Å². The van der Waals surface area contributed by atoms with Gasteiger partial charge in [-0.05, 0) is 84.7 Å². The summed E-state index contributed by atoms with van der Waals surface area (Å²) in [5.41, 5.74) is 6.09. The molecule has 3 aromatic carbocycles. The highest BCUT2D eigenvalue weighted by Gasteiger charge is 2.40. The van der Waals surface area contributed by atoms with E-state index >= 15 is 0 Å². The molecule has 0 saturated heterocycles. The molecule has 6 rings (SSSR count). The van der Waals surface area contributed by atoms with E-state index in [0.717, 1.165) is 53.6 Å². The normalized spacial score (nSPS) is 17.2. The van der Waals surface area contributed by atoms with E-state index in [1.165, 1.54) is 48.8 Å². The van der Waals surface area contributed by atoms with Crippen LogP contribution in [0.25, 0.3) is 11.3 Å². The van der Waals surface area contributed by atoms with Gasteiger partial charge in [0.05, 0.1) is 11.3 Å². The molecule has 2 saturated carbocycles. The average Bonchev–Trinajstić information content (AvgIpc) is 3.69. The predicted octanol–water partition coefficient (Wildman–Crippen LogP) is 9.00. The molecule has 0 amide bonds. The van der Waals surface area contributed by atoms with Crippen LogP contribution in [-0.4, -0.2) is 16.1 Å². The molecule has 0 bridgehead atoms. The first kappa shape index (κ1) is 25.8. The van der Waals surface area contributed by atoms with Gasteiger partial charge in [0.1, 0.15) is 17.4 Å². The van der Waals surface area contributed by atoms with Gasteiger partial charge >= 0.3 is 5.97 Å². The van der Waals surface area contributed by atoms with Gasteiger partial charge in [0.15, 0.2) is 0 Å². The van der Waals surface area contributed by atoms with E-state index < -0.39 is 5.97 Å². The summed E-state index contributed by atoms with van der Waals surface area (Å²) in [6, 6.07) is 24.6. The number of benzene rings is 3. The standard InChI is InChI=1S/C34H35NO3S/c36-32(37)28-12-16-29(17-13-28)34(20-4-5-21-34)33-35-31(23-39-33)27-14-18-30(19-15-27)38-22-24-8-10-26(11-9-24)25-6-2-1-3-7-25/h8-19,23,25H,1-7,20-22H2,(H,36,37). The van der Waals surface area contributed by atoms with Crippen molar-refractivity contribution in [2.24, 2.45) is 0 Å². The SMILES string of the molecule is O=C(O)c1ccc(C2(c3nc(-c4ccc(OCc5ccc(C6CCCCC6)cc5)cc4)cs3)CCCC2)cc1. The molecular formula is C34H35NO3S. The second kappa shape index (κ2) is 11.4. The zero-order valence-corrected chi connectivity index (χ0v) is 23.1. The van der Waals surface area contributed by atoms with Gasteiger partial charge in [-0.2, -0.15) is 0 Å². The number of aromatic nitrogens is 1. The molecule has 4 aromatic rings. The smallest absolute Gasteiger partial charge is 0.335 e. The fourth-order valence-electron chi connectivity index (χ4n) is 6.37. The van der Waals surface area contributed by atoms with E-state index in [9.17, 15) is 9.90 Å². The van der Waals surface area contributed by atoms with Crippen LogP contribution in [-0.2, 0) is 12.0 Å². The van der Waals surface area contributed by atoms with Crippen LogP contribution in [0.3, 0.4) is 0 Å². The summed E-state index contributed by atoms with van der Waals surface area (Å²) in [6.45, 7) is 0.564. The quantitative estimate of drug-likeness (QED) is 0.244. The molecule has 2 fully saturated rings. The van der Waals surface area contributed by atoms with Crippen LogP contribution in [0, 0.1) is 0 Å². The highest BCUT2D eigenvalue weighted by molar-refractivity contribution is 7.10. The third-order valence-electron chi connectivity index (χ3n) is 8.67. The van der Waals surface area contributed by atoms with Crippen molar-refractivity contribution in [3.8, 4) is 17.0 Å². The Morgan fingerprint density at radius 1 is 0.872 bits per heavy atom. The fraction of sp³-hybridized carbons (Fsp3) is 0.353. The Morgan fingerprint density at radius 2 is 1.56 bits per heavy atom. The van der Waals surface area contributed by atoms with E-state index in [1.54, 1.807) is 23.5 Å². The number of hydrogen-bond acceptors (Lipinski definition) is 4. The maximum Gasteiger partial charge on any atom is 0.335 e. The van der Waals surface area contributed by atoms with E-state index in [1.807, 2.05) is 24.3 Å². The molecular weight excluding hydrogens is 502 g/mol. The number of ether oxygens (including phenoxy) is 1. The van der Waals surface area contributed by atoms with Gasteiger partial charge in [0.25, 0.3) is 0 Å². The van der Waals surface area contributed by atoms with Crippen LogP contribution >= 0.6 is 11.3 Å². The number of thiazole rings is 1. The Bertz CT molecular complexity index is 1390. The zero-order valence-electron chi connectivity index (χ0n) is 22.3. The maximum absolute atomic E-state index is 11.3. The molecule has 1 N–H and O–H groups in total. The molecule has 0 aliphatic heterocycles. The molecule has 5 heteroatoms. The van der Waals surface area contributed by atoms with Crippen molar-refractivity contribution >= 4 is 17.3 Å². The Balaban J connectivity index is 1.12. The van der Waals surface area contributed by atoms with Crippen LogP contribution < -0.4 is 4.74 Å². The predicted molar refractivity (Wildman–Crippen MR) is 157 cm³/mol. The number of carboxylic acids is 1. The summed E-state index contributed by atoms with van der Waals surface area (Å²) >= 11 is 1.71. The van der Waals surface area contributed by atoms with Gasteiger partial charge in [-0.3, -0.25) is 0 Å². The van der Waals surface area contributed by atoms with Gasteiger partial charge in [-0.25, -0.2) is 9.78 Å². The van der Waals surface area contributed by atoms with E-state index in [-0.39, 0.29) is 5.41 Å². The van der Waals surface area contributed by atoms with Crippen LogP contribution in [0.1, 0.15) is 95.8 Å². The van der Waals surface area contributed by atoms with Crippen molar-refractivity contribution in [2.45, 2.75) is 75.7 Å². The first-order chi connectivity index (χ1) is 19.1. The highest BCUT2D eigenvalue weighted by Crippen LogP contribution is 2.48. The molecule has 0 radical (unpaired) electrons. The third kappa shape index (κ3) is 5.51. The van der Waals surface area contributed by atoms with Crippen molar-refractivity contribution in [2.75, 3.05) is 0 Å². The van der Waals surface area contributed by atoms with Crippen molar-refractivity contribution in [3.05, 3.63) is 105 Å². The average molecular weight is 538 g/mol. The lowest BCUT2D eigenvalue weighted by atomic mass is 9.79. The van der Waals surface area contributed by atoms with Gasteiger partial charge in [0.2, 0.25) is 0 Å². The number of nitrogens with zero attached hydrogens (tertiary/aromatic N) is 1. The molecule has 2 aliphatic carbocycles. The lowest BCUT2D eigenvalue weighted by Crippen LogP contribution is -2.23. The van der Waals surface area contributed by atoms with Gasteiger partial charge in [-0.1, -0.05) is 68.5 Å². The van der Waals surface area contributed by atoms with Crippen molar-refractivity contribution in [3.63, 3.8) is 0 Å². The first-order valence-electron chi connectivity index (χ1n) is 14.2. The van der Waals surface area contributed by atoms with Crippen LogP contribution in [0.4, 0.5) is 0 Å². The van der Waals surface area contributed by atoms with Crippen molar-refractivity contribution < 1.29 is 14.6 Å². The van der Waals surface area contributed by atoms with Gasteiger partial charge < -0.3 is 9.84 Å². The number of aromatic carboxylic acids is 1. The molecule has 39 heavy (non-hydrogen) atoms. The largest absolute Gasteiger partial charge is 0.489 e. The van der Waals surface area contributed by atoms with Gasteiger partial charge in [-0.15, -0.1) is 11.3 Å². The lowest BCUT2D eigenvalue weighted by Gasteiger charge is -2.27.